The first-order chi connectivity index (χ1) is 15.0. The molecule has 0 saturated carbocycles. The maximum atomic E-state index is 12.5. The van der Waals surface area contributed by atoms with E-state index in [-0.39, 0.29) is 43.8 Å². The first-order valence-electron chi connectivity index (χ1n) is 10.5. The molecule has 0 aromatic heterocycles. The molecule has 0 fully saturated rings. The fraction of sp³-hybridized carbons (Fsp3) is 0.333. The zero-order valence-corrected chi connectivity index (χ0v) is 17.1. The molecule has 7 nitrogen and oxygen atoms in total. The van der Waals surface area contributed by atoms with E-state index in [1.165, 1.54) is 5.56 Å². The van der Waals surface area contributed by atoms with Crippen LogP contribution in [0.2, 0.25) is 0 Å². The van der Waals surface area contributed by atoms with Gasteiger partial charge in [0.05, 0.1) is 18.9 Å². The van der Waals surface area contributed by atoms with E-state index >= 15 is 0 Å². The predicted molar refractivity (Wildman–Crippen MR) is 112 cm³/mol. The Morgan fingerprint density at radius 1 is 1.03 bits per heavy atom. The summed E-state index contributed by atoms with van der Waals surface area (Å²) < 4.78 is 5.06. The molecule has 0 spiro atoms. The number of hydrogen-bond donors (Lipinski definition) is 1. The largest absolute Gasteiger partial charge is 0.456 e. The minimum Gasteiger partial charge on any atom is -0.456 e. The van der Waals surface area contributed by atoms with Gasteiger partial charge in [-0.25, -0.2) is 0 Å². The molecule has 160 valence electrons. The number of carbonyl (C=O) groups is 4. The topological polar surface area (TPSA) is 92.8 Å². The van der Waals surface area contributed by atoms with Crippen molar-refractivity contribution in [3.63, 3.8) is 0 Å². The van der Waals surface area contributed by atoms with Crippen molar-refractivity contribution in [3.05, 3.63) is 70.8 Å². The molecule has 2 aromatic rings. The van der Waals surface area contributed by atoms with Crippen molar-refractivity contribution in [3.8, 4) is 0 Å². The molecule has 3 amide bonds. The van der Waals surface area contributed by atoms with Gasteiger partial charge in [0.15, 0.2) is 6.61 Å². The van der Waals surface area contributed by atoms with E-state index in [0.717, 1.165) is 29.7 Å². The van der Waals surface area contributed by atoms with E-state index in [4.69, 9.17) is 4.74 Å². The summed E-state index contributed by atoms with van der Waals surface area (Å²) in [4.78, 5) is 50.2. The first-order valence-corrected chi connectivity index (χ1v) is 10.5. The van der Waals surface area contributed by atoms with Crippen LogP contribution in [0.3, 0.4) is 0 Å². The lowest BCUT2D eigenvalue weighted by molar-refractivity contribution is -0.149. The lowest BCUT2D eigenvalue weighted by Crippen LogP contribution is -2.43. The lowest BCUT2D eigenvalue weighted by atomic mass is 9.88. The summed E-state index contributed by atoms with van der Waals surface area (Å²) in [5.74, 6) is -1.74. The monoisotopic (exact) mass is 420 g/mol. The number of amides is 3. The van der Waals surface area contributed by atoms with Crippen molar-refractivity contribution in [2.45, 2.75) is 38.1 Å². The van der Waals surface area contributed by atoms with Crippen LogP contribution in [-0.4, -0.2) is 41.7 Å². The smallest absolute Gasteiger partial charge is 0.308 e. The van der Waals surface area contributed by atoms with E-state index in [9.17, 15) is 19.2 Å². The van der Waals surface area contributed by atoms with E-state index in [2.05, 4.69) is 11.4 Å². The molecule has 1 aliphatic carbocycles. The normalized spacial score (nSPS) is 17.5. The minimum atomic E-state index is -0.626. The standard InChI is InChI=1S/C24H24N2O5/c27-21(25-20-11-5-8-16-6-1-3-9-18(16)20)15-31-23(29)12-13-26-22(28)14-17-7-2-4-10-19(17)24(26)30/h1-4,6-7,9-10,20H,5,8,11-15H2,(H,25,27)/t20-/m1/s1. The van der Waals surface area contributed by atoms with Gasteiger partial charge < -0.3 is 10.1 Å². The Hall–Kier alpha value is -3.48. The van der Waals surface area contributed by atoms with Crippen LogP contribution in [0.25, 0.3) is 0 Å². The van der Waals surface area contributed by atoms with E-state index in [1.54, 1.807) is 24.3 Å². The van der Waals surface area contributed by atoms with Gasteiger partial charge in [-0.15, -0.1) is 0 Å². The maximum absolute atomic E-state index is 12.5. The van der Waals surface area contributed by atoms with Crippen LogP contribution in [0.5, 0.6) is 0 Å². The van der Waals surface area contributed by atoms with Gasteiger partial charge in [0.25, 0.3) is 11.8 Å². The van der Waals surface area contributed by atoms with Gasteiger partial charge in [-0.1, -0.05) is 42.5 Å². The number of nitrogens with zero attached hydrogens (tertiary/aromatic N) is 1. The number of ether oxygens (including phenoxy) is 1. The van der Waals surface area contributed by atoms with Crippen LogP contribution in [0.4, 0.5) is 0 Å². The summed E-state index contributed by atoms with van der Waals surface area (Å²) in [7, 11) is 0. The Bertz CT molecular complexity index is 1030. The fourth-order valence-electron chi connectivity index (χ4n) is 4.19. The number of aryl methyl sites for hydroxylation is 1. The second-order valence-corrected chi connectivity index (χ2v) is 7.81. The molecule has 1 atom stereocenters. The Morgan fingerprint density at radius 2 is 1.77 bits per heavy atom. The van der Waals surface area contributed by atoms with Crippen LogP contribution in [0.15, 0.2) is 48.5 Å². The average molecular weight is 420 g/mol. The van der Waals surface area contributed by atoms with Gasteiger partial charge in [0.1, 0.15) is 0 Å². The summed E-state index contributed by atoms with van der Waals surface area (Å²) in [5, 5.41) is 2.93. The van der Waals surface area contributed by atoms with Gasteiger partial charge in [0, 0.05) is 12.1 Å². The second kappa shape index (κ2) is 9.12. The number of nitrogens with one attached hydrogen (secondary N) is 1. The minimum absolute atomic E-state index is 0.0670. The fourth-order valence-corrected chi connectivity index (χ4v) is 4.19. The summed E-state index contributed by atoms with van der Waals surface area (Å²) >= 11 is 0. The Labute approximate surface area is 180 Å². The lowest BCUT2D eigenvalue weighted by Gasteiger charge is -2.27. The third-order valence-corrected chi connectivity index (χ3v) is 5.74. The second-order valence-electron chi connectivity index (χ2n) is 7.81. The highest BCUT2D eigenvalue weighted by Gasteiger charge is 2.31. The highest BCUT2D eigenvalue weighted by molar-refractivity contribution is 6.09. The number of benzene rings is 2. The summed E-state index contributed by atoms with van der Waals surface area (Å²) in [6.07, 6.45) is 2.80. The first kappa shape index (κ1) is 20.8. The molecular weight excluding hydrogens is 396 g/mol. The van der Waals surface area contributed by atoms with Gasteiger partial charge in [-0.05, 0) is 42.0 Å². The van der Waals surface area contributed by atoms with Gasteiger partial charge in [-0.3, -0.25) is 24.1 Å². The molecule has 2 aromatic carbocycles. The van der Waals surface area contributed by atoms with Crippen LogP contribution in [-0.2, 0) is 32.0 Å². The van der Waals surface area contributed by atoms with Gasteiger partial charge in [-0.2, -0.15) is 0 Å². The van der Waals surface area contributed by atoms with Crippen LogP contribution < -0.4 is 5.32 Å². The summed E-state index contributed by atoms with van der Waals surface area (Å²) in [6.45, 7) is -0.454. The summed E-state index contributed by atoms with van der Waals surface area (Å²) in [5.41, 5.74) is 3.50. The summed E-state index contributed by atoms with van der Waals surface area (Å²) in [6, 6.07) is 14.9. The Morgan fingerprint density at radius 3 is 2.61 bits per heavy atom. The van der Waals surface area contributed by atoms with E-state index in [0.29, 0.717) is 11.1 Å². The van der Waals surface area contributed by atoms with Crippen LogP contribution in [0.1, 0.15) is 52.4 Å². The van der Waals surface area contributed by atoms with Gasteiger partial charge >= 0.3 is 5.97 Å². The molecule has 0 saturated heterocycles. The molecule has 0 bridgehead atoms. The third-order valence-electron chi connectivity index (χ3n) is 5.74. The number of imide groups is 1. The molecule has 7 heteroatoms. The van der Waals surface area contributed by atoms with Crippen LogP contribution in [0, 0.1) is 0 Å². The van der Waals surface area contributed by atoms with Crippen molar-refractivity contribution in [2.24, 2.45) is 0 Å². The number of rotatable bonds is 6. The highest BCUT2D eigenvalue weighted by Crippen LogP contribution is 2.29. The highest BCUT2D eigenvalue weighted by atomic mass is 16.5. The SMILES string of the molecule is O=C(COC(=O)CCN1C(=O)Cc2ccccc2C1=O)N[C@@H]1CCCc2ccccc21. The quantitative estimate of drug-likeness (QED) is 0.572. The zero-order chi connectivity index (χ0) is 21.8. The number of fused-ring (bicyclic) bond motifs is 2. The Kier molecular flexibility index (Phi) is 6.11. The zero-order valence-electron chi connectivity index (χ0n) is 17.1. The maximum Gasteiger partial charge on any atom is 0.308 e. The van der Waals surface area contributed by atoms with Crippen molar-refractivity contribution in [1.29, 1.82) is 0 Å². The van der Waals surface area contributed by atoms with Crippen LogP contribution >= 0.6 is 0 Å². The molecule has 2 aliphatic rings. The predicted octanol–water partition coefficient (Wildman–Crippen LogP) is 2.34. The Balaban J connectivity index is 1.25. The molecule has 1 heterocycles. The third kappa shape index (κ3) is 4.66. The number of carbonyl (C=O) groups excluding carboxylic acids is 4. The molecule has 31 heavy (non-hydrogen) atoms. The van der Waals surface area contributed by atoms with E-state index < -0.39 is 11.9 Å². The number of hydrogen-bond acceptors (Lipinski definition) is 5. The molecule has 0 unspecified atom stereocenters. The van der Waals surface area contributed by atoms with Crippen molar-refractivity contribution in [2.75, 3.05) is 13.2 Å². The number of esters is 1. The average Bonchev–Trinajstić information content (AvgIpc) is 2.78. The van der Waals surface area contributed by atoms with Crippen molar-refractivity contribution in [1.82, 2.24) is 10.2 Å². The van der Waals surface area contributed by atoms with Crippen molar-refractivity contribution >= 4 is 23.7 Å². The van der Waals surface area contributed by atoms with Crippen molar-refractivity contribution < 1.29 is 23.9 Å². The molecule has 0 radical (unpaired) electrons. The molecular formula is C24H24N2O5. The molecule has 1 aliphatic heterocycles. The van der Waals surface area contributed by atoms with Gasteiger partial charge in [0.2, 0.25) is 5.91 Å². The molecule has 1 N–H and O–H groups in total. The van der Waals surface area contributed by atoms with E-state index in [1.807, 2.05) is 18.2 Å². The molecule has 4 rings (SSSR count).